The van der Waals surface area contributed by atoms with Gasteiger partial charge in [-0.3, -0.25) is 4.90 Å². The molecule has 0 saturated carbocycles. The van der Waals surface area contributed by atoms with Crippen LogP contribution in [0.15, 0.2) is 36.7 Å². The van der Waals surface area contributed by atoms with E-state index >= 15 is 0 Å². The fourth-order valence-corrected chi connectivity index (χ4v) is 6.09. The zero-order chi connectivity index (χ0) is 26.1. The lowest BCUT2D eigenvalue weighted by Gasteiger charge is -2.33. The second-order valence-electron chi connectivity index (χ2n) is 10.5. The zero-order valence-electron chi connectivity index (χ0n) is 21.3. The van der Waals surface area contributed by atoms with E-state index in [0.717, 1.165) is 73.7 Å². The number of morpholine rings is 1. The largest absolute Gasteiger partial charge is 0.408 e. The Kier molecular flexibility index (Phi) is 7.15. The van der Waals surface area contributed by atoms with E-state index < -0.39 is 18.1 Å². The number of aromatic amines is 1. The molecule has 6 rings (SSSR count). The number of hydrogen-bond donors (Lipinski definition) is 3. The smallest absolute Gasteiger partial charge is 0.378 e. The normalized spacial score (nSPS) is 22.7. The van der Waals surface area contributed by atoms with Gasteiger partial charge in [0.25, 0.3) is 0 Å². The van der Waals surface area contributed by atoms with E-state index in [1.165, 1.54) is 0 Å². The lowest BCUT2D eigenvalue weighted by Crippen LogP contribution is -2.46. The van der Waals surface area contributed by atoms with E-state index in [1.54, 1.807) is 18.5 Å². The van der Waals surface area contributed by atoms with E-state index in [9.17, 15) is 13.2 Å². The van der Waals surface area contributed by atoms with Crippen molar-refractivity contribution in [3.05, 3.63) is 36.7 Å². The van der Waals surface area contributed by atoms with Crippen molar-refractivity contribution in [1.29, 1.82) is 0 Å². The first-order valence-electron chi connectivity index (χ1n) is 13.5. The number of alkyl halides is 3. The fourth-order valence-electron chi connectivity index (χ4n) is 6.09. The standard InChI is InChI=1S/C27H34F3N7O/c28-27(29,30)24(19-7-10-37(16-19)21-5-8-31-9-6-21)34-20-3-1-18(2-4-20)23-15-22-25(35-23)32-17-33-26(22)36-11-13-38-14-12-36/h1-4,15,17,19,21,24,31,34H,5-14,16H2,(H,32,33,35)/t19-,24?/m0/s1. The van der Waals surface area contributed by atoms with Crippen molar-refractivity contribution in [2.45, 2.75) is 37.5 Å². The minimum absolute atomic E-state index is 0.388. The third kappa shape index (κ3) is 5.32. The first-order chi connectivity index (χ1) is 18.5. The number of rotatable bonds is 6. The molecule has 1 unspecified atom stereocenters. The fraction of sp³-hybridized carbons (Fsp3) is 0.556. The Morgan fingerprint density at radius 1 is 1.00 bits per heavy atom. The van der Waals surface area contributed by atoms with Gasteiger partial charge >= 0.3 is 6.18 Å². The first-order valence-corrected chi connectivity index (χ1v) is 13.5. The van der Waals surface area contributed by atoms with Crippen molar-refractivity contribution in [2.24, 2.45) is 5.92 Å². The molecule has 0 amide bonds. The maximum Gasteiger partial charge on any atom is 0.408 e. The summed E-state index contributed by atoms with van der Waals surface area (Å²) in [6, 6.07) is 7.98. The van der Waals surface area contributed by atoms with Gasteiger partial charge in [-0.1, -0.05) is 12.1 Å². The van der Waals surface area contributed by atoms with Gasteiger partial charge in [0, 0.05) is 43.0 Å². The molecule has 2 atom stereocenters. The SMILES string of the molecule is FC(F)(F)C(Nc1ccc(-c2cc3c(N4CCOCC4)ncnc3[nH]2)cc1)[C@H]1CCN(C2CCNCC2)C1. The quantitative estimate of drug-likeness (QED) is 0.447. The Morgan fingerprint density at radius 2 is 1.76 bits per heavy atom. The number of aromatic nitrogens is 3. The second kappa shape index (κ2) is 10.7. The third-order valence-corrected chi connectivity index (χ3v) is 8.14. The molecule has 3 fully saturated rings. The molecule has 5 heterocycles. The molecule has 8 nitrogen and oxygen atoms in total. The number of halogens is 3. The van der Waals surface area contributed by atoms with Gasteiger partial charge in [-0.05, 0) is 62.7 Å². The molecule has 3 N–H and O–H groups in total. The highest BCUT2D eigenvalue weighted by Gasteiger charge is 2.47. The molecular formula is C27H34F3N7O. The summed E-state index contributed by atoms with van der Waals surface area (Å²) in [6.07, 6.45) is -0.204. The second-order valence-corrected chi connectivity index (χ2v) is 10.5. The van der Waals surface area contributed by atoms with Gasteiger partial charge in [0.1, 0.15) is 23.8 Å². The summed E-state index contributed by atoms with van der Waals surface area (Å²) < 4.78 is 47.9. The van der Waals surface area contributed by atoms with Gasteiger partial charge in [-0.15, -0.1) is 0 Å². The highest BCUT2D eigenvalue weighted by molar-refractivity contribution is 5.92. The Morgan fingerprint density at radius 3 is 2.50 bits per heavy atom. The number of nitrogens with one attached hydrogen (secondary N) is 3. The van der Waals surface area contributed by atoms with Crippen molar-refractivity contribution in [2.75, 3.05) is 62.7 Å². The topological polar surface area (TPSA) is 81.3 Å². The van der Waals surface area contributed by atoms with Crippen molar-refractivity contribution >= 4 is 22.5 Å². The summed E-state index contributed by atoms with van der Waals surface area (Å²) in [7, 11) is 0. The summed E-state index contributed by atoms with van der Waals surface area (Å²) in [4.78, 5) is 16.7. The Balaban J connectivity index is 1.17. The summed E-state index contributed by atoms with van der Waals surface area (Å²) in [5.41, 5.74) is 2.93. The highest BCUT2D eigenvalue weighted by Crippen LogP contribution is 2.36. The van der Waals surface area contributed by atoms with Crippen LogP contribution in [0.4, 0.5) is 24.7 Å². The molecule has 2 aromatic heterocycles. The average Bonchev–Trinajstić information content (AvgIpc) is 3.60. The Hall–Kier alpha value is -2.89. The maximum atomic E-state index is 14.2. The summed E-state index contributed by atoms with van der Waals surface area (Å²) >= 11 is 0. The van der Waals surface area contributed by atoms with Gasteiger partial charge in [0.15, 0.2) is 0 Å². The van der Waals surface area contributed by atoms with Gasteiger partial charge in [-0.2, -0.15) is 13.2 Å². The molecule has 0 bridgehead atoms. The number of likely N-dealkylation sites (tertiary alicyclic amines) is 1. The first kappa shape index (κ1) is 25.4. The van der Waals surface area contributed by atoms with Crippen LogP contribution in [0.1, 0.15) is 19.3 Å². The van der Waals surface area contributed by atoms with E-state index in [-0.39, 0.29) is 0 Å². The monoisotopic (exact) mass is 529 g/mol. The van der Waals surface area contributed by atoms with Crippen molar-refractivity contribution < 1.29 is 17.9 Å². The molecule has 3 aliphatic rings. The molecule has 11 heteroatoms. The van der Waals surface area contributed by atoms with Crippen LogP contribution in [0.5, 0.6) is 0 Å². The zero-order valence-corrected chi connectivity index (χ0v) is 21.3. The van der Waals surface area contributed by atoms with Crippen molar-refractivity contribution in [3.63, 3.8) is 0 Å². The summed E-state index contributed by atoms with van der Waals surface area (Å²) in [6.45, 7) is 5.96. The van der Waals surface area contributed by atoms with Crippen LogP contribution in [-0.4, -0.2) is 90.6 Å². The Labute approximate surface area is 220 Å². The average molecular weight is 530 g/mol. The molecule has 0 spiro atoms. The van der Waals surface area contributed by atoms with Crippen molar-refractivity contribution in [3.8, 4) is 11.3 Å². The lowest BCUT2D eigenvalue weighted by molar-refractivity contribution is -0.152. The number of H-pyrrole nitrogens is 1. The molecule has 3 aromatic rings. The van der Waals surface area contributed by atoms with Gasteiger partial charge in [0.05, 0.1) is 18.6 Å². The number of ether oxygens (including phenoxy) is 1. The number of nitrogens with zero attached hydrogens (tertiary/aromatic N) is 4. The van der Waals surface area contributed by atoms with Crippen LogP contribution in [0.3, 0.4) is 0 Å². The van der Waals surface area contributed by atoms with Crippen LogP contribution in [0.25, 0.3) is 22.3 Å². The van der Waals surface area contributed by atoms with Gasteiger partial charge in [-0.25, -0.2) is 9.97 Å². The predicted octanol–water partition coefficient (Wildman–Crippen LogP) is 3.88. The molecule has 3 saturated heterocycles. The molecule has 0 aliphatic carbocycles. The van der Waals surface area contributed by atoms with Crippen LogP contribution in [0, 0.1) is 5.92 Å². The van der Waals surface area contributed by atoms with E-state index in [4.69, 9.17) is 4.74 Å². The molecule has 1 aromatic carbocycles. The molecular weight excluding hydrogens is 495 g/mol. The maximum absolute atomic E-state index is 14.2. The molecule has 204 valence electrons. The number of benzene rings is 1. The highest BCUT2D eigenvalue weighted by atomic mass is 19.4. The minimum atomic E-state index is -4.32. The van der Waals surface area contributed by atoms with Crippen LogP contribution in [0.2, 0.25) is 0 Å². The summed E-state index contributed by atoms with van der Waals surface area (Å²) in [5, 5.41) is 7.08. The van der Waals surface area contributed by atoms with E-state index in [2.05, 4.69) is 35.4 Å². The van der Waals surface area contributed by atoms with Crippen LogP contribution in [-0.2, 0) is 4.74 Å². The predicted molar refractivity (Wildman–Crippen MR) is 141 cm³/mol. The molecule has 3 aliphatic heterocycles. The molecule has 38 heavy (non-hydrogen) atoms. The van der Waals surface area contributed by atoms with E-state index in [1.807, 2.05) is 18.2 Å². The van der Waals surface area contributed by atoms with Crippen LogP contribution < -0.4 is 15.5 Å². The number of anilines is 2. The number of fused-ring (bicyclic) bond motifs is 1. The Bertz CT molecular complexity index is 1220. The third-order valence-electron chi connectivity index (χ3n) is 8.14. The van der Waals surface area contributed by atoms with Gasteiger partial charge < -0.3 is 25.3 Å². The van der Waals surface area contributed by atoms with Crippen molar-refractivity contribution in [1.82, 2.24) is 25.2 Å². The molecule has 0 radical (unpaired) electrons. The van der Waals surface area contributed by atoms with E-state index in [0.29, 0.717) is 37.9 Å². The minimum Gasteiger partial charge on any atom is -0.378 e. The summed E-state index contributed by atoms with van der Waals surface area (Å²) in [5.74, 6) is 0.401. The van der Waals surface area contributed by atoms with Crippen LogP contribution >= 0.6 is 0 Å². The number of hydrogen-bond acceptors (Lipinski definition) is 7. The number of piperidine rings is 1. The lowest BCUT2D eigenvalue weighted by atomic mass is 9.97. The van der Waals surface area contributed by atoms with Gasteiger partial charge in [0.2, 0.25) is 0 Å².